The van der Waals surface area contributed by atoms with Crippen LogP contribution >= 0.6 is 23.2 Å². The maximum absolute atomic E-state index is 12.1. The minimum Gasteiger partial charge on any atom is -0.396 e. The molecule has 1 aliphatic carbocycles. The zero-order chi connectivity index (χ0) is 16.3. The van der Waals surface area contributed by atoms with Crippen molar-refractivity contribution in [1.29, 1.82) is 0 Å². The van der Waals surface area contributed by atoms with E-state index in [0.717, 1.165) is 24.8 Å². The van der Waals surface area contributed by atoms with Crippen LogP contribution in [0.4, 0.5) is 0 Å². The minimum atomic E-state index is -0.0790. The van der Waals surface area contributed by atoms with Gasteiger partial charge < -0.3 is 10.4 Å². The fraction of sp³-hybridized carbons (Fsp3) is 0.588. The lowest BCUT2D eigenvalue weighted by Gasteiger charge is -2.21. The third-order valence-corrected chi connectivity index (χ3v) is 4.63. The van der Waals surface area contributed by atoms with Crippen molar-refractivity contribution in [3.8, 4) is 0 Å². The largest absolute Gasteiger partial charge is 0.396 e. The molecule has 1 aromatic rings. The Morgan fingerprint density at radius 2 is 1.95 bits per heavy atom. The molecule has 1 aromatic carbocycles. The molecular formula is C17H23Cl2NO2. The number of aliphatic hydroxyl groups excluding tert-OH is 1. The van der Waals surface area contributed by atoms with Gasteiger partial charge in [0.1, 0.15) is 0 Å². The Morgan fingerprint density at radius 3 is 2.55 bits per heavy atom. The van der Waals surface area contributed by atoms with Gasteiger partial charge in [-0.15, -0.1) is 0 Å². The second-order valence-corrected chi connectivity index (χ2v) is 7.74. The van der Waals surface area contributed by atoms with E-state index < -0.39 is 0 Å². The van der Waals surface area contributed by atoms with Gasteiger partial charge in [0.05, 0.1) is 0 Å². The monoisotopic (exact) mass is 343 g/mol. The summed E-state index contributed by atoms with van der Waals surface area (Å²) in [5.74, 6) is 0.355. The van der Waals surface area contributed by atoms with E-state index >= 15 is 0 Å². The van der Waals surface area contributed by atoms with Crippen LogP contribution in [0.5, 0.6) is 0 Å². The molecule has 0 aromatic heterocycles. The summed E-state index contributed by atoms with van der Waals surface area (Å²) in [6.45, 7) is 4.87. The van der Waals surface area contributed by atoms with E-state index in [0.29, 0.717) is 16.6 Å². The average Bonchev–Trinajstić information content (AvgIpc) is 3.23. The van der Waals surface area contributed by atoms with Gasteiger partial charge in [-0.2, -0.15) is 0 Å². The highest BCUT2D eigenvalue weighted by Gasteiger charge is 2.43. The number of rotatable bonds is 7. The first kappa shape index (κ1) is 17.6. The van der Waals surface area contributed by atoms with Crippen molar-refractivity contribution < 1.29 is 9.90 Å². The lowest BCUT2D eigenvalue weighted by atomic mass is 9.89. The minimum absolute atomic E-state index is 0.0281. The topological polar surface area (TPSA) is 49.3 Å². The molecule has 0 aliphatic heterocycles. The molecule has 0 saturated heterocycles. The average molecular weight is 344 g/mol. The molecule has 1 aliphatic rings. The highest BCUT2D eigenvalue weighted by atomic mass is 35.5. The van der Waals surface area contributed by atoms with Crippen molar-refractivity contribution in [3.05, 3.63) is 33.8 Å². The zero-order valence-corrected chi connectivity index (χ0v) is 14.5. The number of amides is 1. The van der Waals surface area contributed by atoms with Crippen LogP contribution in [0.2, 0.25) is 10.0 Å². The number of halogens is 2. The highest BCUT2D eigenvalue weighted by Crippen LogP contribution is 2.48. The number of aliphatic hydroxyl groups is 1. The van der Waals surface area contributed by atoms with Crippen molar-refractivity contribution in [1.82, 2.24) is 5.32 Å². The maximum Gasteiger partial charge on any atom is 0.223 e. The van der Waals surface area contributed by atoms with Gasteiger partial charge in [0.15, 0.2) is 0 Å². The summed E-state index contributed by atoms with van der Waals surface area (Å²) in [6, 6.07) is 5.47. The van der Waals surface area contributed by atoms with E-state index in [4.69, 9.17) is 23.2 Å². The van der Waals surface area contributed by atoms with Crippen molar-refractivity contribution in [2.45, 2.75) is 39.0 Å². The van der Waals surface area contributed by atoms with Gasteiger partial charge in [0, 0.05) is 29.1 Å². The summed E-state index contributed by atoms with van der Waals surface area (Å²) < 4.78 is 0. The first-order valence-corrected chi connectivity index (χ1v) is 8.42. The van der Waals surface area contributed by atoms with Gasteiger partial charge >= 0.3 is 0 Å². The molecule has 122 valence electrons. The summed E-state index contributed by atoms with van der Waals surface area (Å²) >= 11 is 12.0. The smallest absolute Gasteiger partial charge is 0.223 e. The predicted molar refractivity (Wildman–Crippen MR) is 90.4 cm³/mol. The lowest BCUT2D eigenvalue weighted by Crippen LogP contribution is -2.28. The third kappa shape index (κ3) is 4.87. The SMILES string of the molecule is CC(C)(CO)CCCNC(=O)C1CC1c1cc(Cl)cc(Cl)c1. The Labute approximate surface area is 142 Å². The van der Waals surface area contributed by atoms with Gasteiger partial charge in [-0.1, -0.05) is 37.0 Å². The molecular weight excluding hydrogens is 321 g/mol. The Morgan fingerprint density at radius 1 is 1.32 bits per heavy atom. The third-order valence-electron chi connectivity index (χ3n) is 4.20. The predicted octanol–water partition coefficient (Wildman–Crippen LogP) is 4.01. The Kier molecular flexibility index (Phi) is 5.76. The van der Waals surface area contributed by atoms with Crippen molar-refractivity contribution in [2.75, 3.05) is 13.2 Å². The molecule has 5 heteroatoms. The van der Waals surface area contributed by atoms with Crippen LogP contribution in [0.15, 0.2) is 18.2 Å². The molecule has 0 heterocycles. The van der Waals surface area contributed by atoms with Crippen LogP contribution in [-0.4, -0.2) is 24.2 Å². The summed E-state index contributed by atoms with van der Waals surface area (Å²) in [5.41, 5.74) is 0.962. The molecule has 22 heavy (non-hydrogen) atoms. The van der Waals surface area contributed by atoms with E-state index in [-0.39, 0.29) is 29.8 Å². The van der Waals surface area contributed by atoms with Gasteiger partial charge in [-0.05, 0) is 54.4 Å². The Bertz CT molecular complexity index is 525. The van der Waals surface area contributed by atoms with Crippen LogP contribution in [0, 0.1) is 11.3 Å². The molecule has 2 rings (SSSR count). The fourth-order valence-electron chi connectivity index (χ4n) is 2.63. The number of nitrogens with one attached hydrogen (secondary N) is 1. The summed E-state index contributed by atoms with van der Waals surface area (Å²) in [6.07, 6.45) is 2.62. The maximum atomic E-state index is 12.1. The number of hydrogen-bond donors (Lipinski definition) is 2. The summed E-state index contributed by atoms with van der Waals surface area (Å²) in [5, 5.41) is 13.4. The first-order valence-electron chi connectivity index (χ1n) is 7.67. The second kappa shape index (κ2) is 7.20. The van der Waals surface area contributed by atoms with E-state index in [1.54, 1.807) is 6.07 Å². The van der Waals surface area contributed by atoms with E-state index in [2.05, 4.69) is 5.32 Å². The molecule has 3 nitrogen and oxygen atoms in total. The van der Waals surface area contributed by atoms with E-state index in [9.17, 15) is 9.90 Å². The van der Waals surface area contributed by atoms with Crippen LogP contribution in [-0.2, 0) is 4.79 Å². The van der Waals surface area contributed by atoms with Gasteiger partial charge in [0.2, 0.25) is 5.91 Å². The second-order valence-electron chi connectivity index (χ2n) is 6.87. The highest BCUT2D eigenvalue weighted by molar-refractivity contribution is 6.34. The number of carbonyl (C=O) groups excluding carboxylic acids is 1. The fourth-order valence-corrected chi connectivity index (χ4v) is 3.17. The quantitative estimate of drug-likeness (QED) is 0.734. The van der Waals surface area contributed by atoms with Crippen LogP contribution in [0.1, 0.15) is 44.6 Å². The molecule has 1 saturated carbocycles. The van der Waals surface area contributed by atoms with Gasteiger partial charge in [0.25, 0.3) is 0 Å². The number of benzene rings is 1. The summed E-state index contributed by atoms with van der Waals surface area (Å²) in [4.78, 5) is 12.1. The molecule has 1 amide bonds. The zero-order valence-electron chi connectivity index (χ0n) is 13.0. The summed E-state index contributed by atoms with van der Waals surface area (Å²) in [7, 11) is 0. The molecule has 1 fully saturated rings. The molecule has 2 unspecified atom stereocenters. The van der Waals surface area contributed by atoms with Crippen molar-refractivity contribution >= 4 is 29.1 Å². The molecule has 2 N–H and O–H groups in total. The van der Waals surface area contributed by atoms with Gasteiger partial charge in [-0.25, -0.2) is 0 Å². The van der Waals surface area contributed by atoms with Crippen molar-refractivity contribution in [2.24, 2.45) is 11.3 Å². The van der Waals surface area contributed by atoms with Crippen molar-refractivity contribution in [3.63, 3.8) is 0 Å². The molecule has 2 atom stereocenters. The Hall–Kier alpha value is -0.770. The van der Waals surface area contributed by atoms with Crippen LogP contribution in [0.25, 0.3) is 0 Å². The van der Waals surface area contributed by atoms with Crippen LogP contribution < -0.4 is 5.32 Å². The first-order chi connectivity index (χ1) is 10.3. The molecule has 0 spiro atoms. The standard InChI is InChI=1S/C17H23Cl2NO2/c1-17(2,10-21)4-3-5-20-16(22)15-9-14(15)11-6-12(18)8-13(19)7-11/h6-8,14-15,21H,3-5,9-10H2,1-2H3,(H,20,22). The Balaban J connectivity index is 1.76. The van der Waals surface area contributed by atoms with Gasteiger partial charge in [-0.3, -0.25) is 4.79 Å². The molecule has 0 radical (unpaired) electrons. The van der Waals surface area contributed by atoms with E-state index in [1.807, 2.05) is 26.0 Å². The molecule has 0 bridgehead atoms. The van der Waals surface area contributed by atoms with Crippen LogP contribution in [0.3, 0.4) is 0 Å². The number of carbonyl (C=O) groups is 1. The van der Waals surface area contributed by atoms with E-state index in [1.165, 1.54) is 0 Å². The number of hydrogen-bond acceptors (Lipinski definition) is 2. The normalized spacial score (nSPS) is 20.8. The lowest BCUT2D eigenvalue weighted by molar-refractivity contribution is -0.122.